The Morgan fingerprint density at radius 3 is 2.63 bits per heavy atom. The lowest BCUT2D eigenvalue weighted by Crippen LogP contribution is -2.29. The standard InChI is InChI=1S/C29H31N3O3/c1-5-8-22-13-16-26(27(19-22)34-4)35-18-17-32-25-10-7-6-9-24(25)31-28(32)21(3)30-29(33)23-14-11-20(2)12-15-23/h5-7,9-16,19,21H,1,8,17-18H2,2-4H3,(H,30,33). The molecule has 1 unspecified atom stereocenters. The van der Waals surface area contributed by atoms with Crippen molar-refractivity contribution in [2.24, 2.45) is 0 Å². The van der Waals surface area contributed by atoms with Crippen molar-refractivity contribution in [1.82, 2.24) is 14.9 Å². The lowest BCUT2D eigenvalue weighted by Gasteiger charge is -2.17. The summed E-state index contributed by atoms with van der Waals surface area (Å²) in [5.74, 6) is 2.03. The van der Waals surface area contributed by atoms with Crippen LogP contribution in [-0.2, 0) is 13.0 Å². The van der Waals surface area contributed by atoms with Crippen LogP contribution in [-0.4, -0.2) is 29.2 Å². The molecule has 1 atom stereocenters. The Hall–Kier alpha value is -4.06. The molecular weight excluding hydrogens is 438 g/mol. The highest BCUT2D eigenvalue weighted by Crippen LogP contribution is 2.29. The average Bonchev–Trinajstić information content (AvgIpc) is 3.24. The first-order valence-electron chi connectivity index (χ1n) is 11.7. The highest BCUT2D eigenvalue weighted by Gasteiger charge is 2.19. The molecule has 0 bridgehead atoms. The first kappa shape index (κ1) is 24.1. The Balaban J connectivity index is 1.52. The van der Waals surface area contributed by atoms with Gasteiger partial charge in [0, 0.05) is 5.56 Å². The number of imidazole rings is 1. The Morgan fingerprint density at radius 1 is 1.11 bits per heavy atom. The number of nitrogens with zero attached hydrogens (tertiary/aromatic N) is 2. The number of hydrogen-bond acceptors (Lipinski definition) is 4. The fourth-order valence-corrected chi connectivity index (χ4v) is 4.08. The van der Waals surface area contributed by atoms with E-state index in [4.69, 9.17) is 14.5 Å². The van der Waals surface area contributed by atoms with E-state index in [1.54, 1.807) is 7.11 Å². The quantitative estimate of drug-likeness (QED) is 0.305. The summed E-state index contributed by atoms with van der Waals surface area (Å²) in [6.45, 7) is 8.73. The van der Waals surface area contributed by atoms with Crippen LogP contribution in [0.2, 0.25) is 0 Å². The van der Waals surface area contributed by atoms with Gasteiger partial charge in [-0.25, -0.2) is 4.98 Å². The maximum Gasteiger partial charge on any atom is 0.251 e. The van der Waals surface area contributed by atoms with E-state index in [9.17, 15) is 4.79 Å². The Bertz CT molecular complexity index is 1330. The molecule has 1 aromatic heterocycles. The van der Waals surface area contributed by atoms with Gasteiger partial charge in [0.25, 0.3) is 5.91 Å². The Kier molecular flexibility index (Phi) is 7.51. The van der Waals surface area contributed by atoms with Crippen LogP contribution in [0.3, 0.4) is 0 Å². The minimum atomic E-state index is -0.288. The third kappa shape index (κ3) is 5.54. The highest BCUT2D eigenvalue weighted by atomic mass is 16.5. The van der Waals surface area contributed by atoms with Gasteiger partial charge >= 0.3 is 0 Å². The van der Waals surface area contributed by atoms with E-state index >= 15 is 0 Å². The number of amides is 1. The number of aromatic nitrogens is 2. The lowest BCUT2D eigenvalue weighted by molar-refractivity contribution is 0.0937. The number of aryl methyl sites for hydroxylation is 1. The van der Waals surface area contributed by atoms with Gasteiger partial charge in [-0.05, 0) is 62.2 Å². The molecule has 1 N–H and O–H groups in total. The summed E-state index contributed by atoms with van der Waals surface area (Å²) >= 11 is 0. The van der Waals surface area contributed by atoms with Crippen molar-refractivity contribution in [3.63, 3.8) is 0 Å². The van der Waals surface area contributed by atoms with Gasteiger partial charge in [0.2, 0.25) is 0 Å². The van der Waals surface area contributed by atoms with Crippen LogP contribution >= 0.6 is 0 Å². The fourth-order valence-electron chi connectivity index (χ4n) is 4.08. The molecule has 0 aliphatic rings. The number of methoxy groups -OCH3 is 1. The van der Waals surface area contributed by atoms with Gasteiger partial charge in [-0.2, -0.15) is 0 Å². The normalized spacial score (nSPS) is 11.7. The van der Waals surface area contributed by atoms with Crippen LogP contribution in [0.15, 0.2) is 79.4 Å². The molecule has 0 aliphatic carbocycles. The fraction of sp³-hybridized carbons (Fsp3) is 0.241. The number of para-hydroxylation sites is 2. The first-order valence-corrected chi connectivity index (χ1v) is 11.7. The number of ether oxygens (including phenoxy) is 2. The van der Waals surface area contributed by atoms with Gasteiger partial charge in [-0.15, -0.1) is 6.58 Å². The van der Waals surface area contributed by atoms with Crippen LogP contribution in [0.25, 0.3) is 11.0 Å². The van der Waals surface area contributed by atoms with E-state index in [1.165, 1.54) is 0 Å². The molecule has 0 saturated heterocycles. The zero-order chi connectivity index (χ0) is 24.8. The second-order valence-electron chi connectivity index (χ2n) is 8.50. The molecule has 35 heavy (non-hydrogen) atoms. The van der Waals surface area contributed by atoms with Gasteiger partial charge in [-0.1, -0.05) is 42.0 Å². The van der Waals surface area contributed by atoms with Crippen molar-refractivity contribution < 1.29 is 14.3 Å². The summed E-state index contributed by atoms with van der Waals surface area (Å²) in [5.41, 5.74) is 4.73. The molecule has 6 nitrogen and oxygen atoms in total. The minimum absolute atomic E-state index is 0.128. The number of allylic oxidation sites excluding steroid dienone is 1. The summed E-state index contributed by atoms with van der Waals surface area (Å²) in [7, 11) is 1.64. The topological polar surface area (TPSA) is 65.4 Å². The number of carbonyl (C=O) groups excluding carboxylic acids is 1. The summed E-state index contributed by atoms with van der Waals surface area (Å²) in [6.07, 6.45) is 2.63. The number of rotatable bonds is 10. The predicted molar refractivity (Wildman–Crippen MR) is 139 cm³/mol. The molecule has 180 valence electrons. The van der Waals surface area contributed by atoms with E-state index < -0.39 is 0 Å². The Labute approximate surface area is 206 Å². The number of carbonyl (C=O) groups is 1. The molecule has 0 spiro atoms. The molecule has 0 saturated carbocycles. The van der Waals surface area contributed by atoms with Crippen molar-refractivity contribution in [3.05, 3.63) is 102 Å². The van der Waals surface area contributed by atoms with Crippen LogP contribution in [0, 0.1) is 6.92 Å². The maximum absolute atomic E-state index is 12.8. The van der Waals surface area contributed by atoms with Gasteiger partial charge < -0.3 is 19.4 Å². The average molecular weight is 470 g/mol. The zero-order valence-corrected chi connectivity index (χ0v) is 20.5. The molecule has 0 radical (unpaired) electrons. The molecule has 0 aliphatic heterocycles. The SMILES string of the molecule is C=CCc1ccc(OCCn2c(C(C)NC(=O)c3ccc(C)cc3)nc3ccccc32)c(OC)c1. The summed E-state index contributed by atoms with van der Waals surface area (Å²) in [5, 5.41) is 3.09. The molecular formula is C29H31N3O3. The molecule has 1 amide bonds. The summed E-state index contributed by atoms with van der Waals surface area (Å²) in [4.78, 5) is 17.6. The summed E-state index contributed by atoms with van der Waals surface area (Å²) in [6, 6.07) is 21.1. The van der Waals surface area contributed by atoms with Crippen LogP contribution in [0.1, 0.15) is 40.3 Å². The van der Waals surface area contributed by atoms with Crippen LogP contribution < -0.4 is 14.8 Å². The highest BCUT2D eigenvalue weighted by molar-refractivity contribution is 5.94. The number of fused-ring (bicyclic) bond motifs is 1. The second-order valence-corrected chi connectivity index (χ2v) is 8.50. The van der Waals surface area contributed by atoms with Crippen molar-refractivity contribution in [2.75, 3.05) is 13.7 Å². The van der Waals surface area contributed by atoms with Gasteiger partial charge in [-0.3, -0.25) is 4.79 Å². The number of nitrogens with one attached hydrogen (secondary N) is 1. The van der Waals surface area contributed by atoms with Crippen LogP contribution in [0.4, 0.5) is 0 Å². The predicted octanol–water partition coefficient (Wildman–Crippen LogP) is 5.65. The van der Waals surface area contributed by atoms with Crippen molar-refractivity contribution in [1.29, 1.82) is 0 Å². The zero-order valence-electron chi connectivity index (χ0n) is 20.5. The van der Waals surface area contributed by atoms with Gasteiger partial charge in [0.15, 0.2) is 11.5 Å². The lowest BCUT2D eigenvalue weighted by atomic mass is 10.1. The van der Waals surface area contributed by atoms with Crippen molar-refractivity contribution in [3.8, 4) is 11.5 Å². The smallest absolute Gasteiger partial charge is 0.251 e. The monoisotopic (exact) mass is 469 g/mol. The van der Waals surface area contributed by atoms with E-state index in [0.29, 0.717) is 30.2 Å². The van der Waals surface area contributed by atoms with E-state index in [2.05, 4.69) is 16.5 Å². The van der Waals surface area contributed by atoms with Gasteiger partial charge in [0.1, 0.15) is 12.4 Å². The van der Waals surface area contributed by atoms with Crippen molar-refractivity contribution >= 4 is 16.9 Å². The van der Waals surface area contributed by atoms with Gasteiger partial charge in [0.05, 0.1) is 30.7 Å². The molecule has 3 aromatic carbocycles. The maximum atomic E-state index is 12.8. The van der Waals surface area contributed by atoms with E-state index in [1.807, 2.05) is 86.7 Å². The number of hydrogen-bond donors (Lipinski definition) is 1. The first-order chi connectivity index (χ1) is 17.0. The molecule has 4 rings (SSSR count). The van der Waals surface area contributed by atoms with E-state index in [0.717, 1.165) is 34.4 Å². The largest absolute Gasteiger partial charge is 0.493 e. The second kappa shape index (κ2) is 10.9. The Morgan fingerprint density at radius 2 is 1.89 bits per heavy atom. The number of benzene rings is 3. The molecule has 0 fully saturated rings. The van der Waals surface area contributed by atoms with E-state index in [-0.39, 0.29) is 11.9 Å². The molecule has 4 aromatic rings. The molecule has 6 heteroatoms. The molecule has 1 heterocycles. The third-order valence-electron chi connectivity index (χ3n) is 5.91. The van der Waals surface area contributed by atoms with Crippen molar-refractivity contribution in [2.45, 2.75) is 32.9 Å². The summed E-state index contributed by atoms with van der Waals surface area (Å²) < 4.78 is 13.7. The van der Waals surface area contributed by atoms with Crippen LogP contribution in [0.5, 0.6) is 11.5 Å². The minimum Gasteiger partial charge on any atom is -0.493 e. The third-order valence-corrected chi connectivity index (χ3v) is 5.91.